The molecule has 0 aliphatic carbocycles. The molecule has 0 bridgehead atoms. The number of nitrogens with one attached hydrogen (secondary N) is 2. The summed E-state index contributed by atoms with van der Waals surface area (Å²) in [6.07, 6.45) is 7.33. The standard InChI is InChI=1S/C28H44N2/c1-9-11-13-25(29-27-21(5)15-19(3)16-22(27)6)26(14-12-10-2)30-28-23(7)17-20(4)18-24(28)8/h15-18,25-26,29-30H,9-14H2,1-8H3. The Labute approximate surface area is 185 Å². The van der Waals surface area contributed by atoms with E-state index in [1.165, 1.54) is 83.3 Å². The van der Waals surface area contributed by atoms with Gasteiger partial charge in [0.1, 0.15) is 0 Å². The zero-order chi connectivity index (χ0) is 22.3. The van der Waals surface area contributed by atoms with Crippen LogP contribution in [0.3, 0.4) is 0 Å². The first-order chi connectivity index (χ1) is 14.3. The molecule has 0 radical (unpaired) electrons. The van der Waals surface area contributed by atoms with Gasteiger partial charge in [0.2, 0.25) is 0 Å². The molecular weight excluding hydrogens is 364 g/mol. The molecule has 2 aromatic rings. The first-order valence-corrected chi connectivity index (χ1v) is 12.0. The highest BCUT2D eigenvalue weighted by Gasteiger charge is 2.23. The summed E-state index contributed by atoms with van der Waals surface area (Å²) >= 11 is 0. The van der Waals surface area contributed by atoms with Gasteiger partial charge in [-0.1, -0.05) is 74.9 Å². The molecule has 0 saturated carbocycles. The van der Waals surface area contributed by atoms with E-state index in [9.17, 15) is 0 Å². The van der Waals surface area contributed by atoms with Crippen molar-refractivity contribution < 1.29 is 0 Å². The van der Waals surface area contributed by atoms with E-state index in [1.54, 1.807) is 0 Å². The highest BCUT2D eigenvalue weighted by atomic mass is 15.0. The molecule has 2 aromatic carbocycles. The van der Waals surface area contributed by atoms with E-state index in [-0.39, 0.29) is 0 Å². The summed E-state index contributed by atoms with van der Waals surface area (Å²) in [5, 5.41) is 7.99. The molecule has 30 heavy (non-hydrogen) atoms. The van der Waals surface area contributed by atoms with Gasteiger partial charge in [0.05, 0.1) is 0 Å². The Morgan fingerprint density at radius 1 is 0.567 bits per heavy atom. The number of benzene rings is 2. The van der Waals surface area contributed by atoms with E-state index in [0.717, 1.165) is 0 Å². The minimum absolute atomic E-state index is 0.414. The van der Waals surface area contributed by atoms with Crippen LogP contribution in [0.5, 0.6) is 0 Å². The van der Waals surface area contributed by atoms with Crippen molar-refractivity contribution in [2.75, 3.05) is 10.6 Å². The summed E-state index contributed by atoms with van der Waals surface area (Å²) in [5.74, 6) is 0. The Bertz CT molecular complexity index is 706. The van der Waals surface area contributed by atoms with E-state index in [1.807, 2.05) is 0 Å². The van der Waals surface area contributed by atoms with Crippen molar-refractivity contribution >= 4 is 11.4 Å². The number of unbranched alkanes of at least 4 members (excludes halogenated alkanes) is 2. The molecular formula is C28H44N2. The van der Waals surface area contributed by atoms with E-state index in [2.05, 4.69) is 90.3 Å². The molecule has 0 aliphatic rings. The smallest absolute Gasteiger partial charge is 0.0462 e. The third-order valence-corrected chi connectivity index (χ3v) is 6.24. The number of anilines is 2. The third-order valence-electron chi connectivity index (χ3n) is 6.24. The Morgan fingerprint density at radius 3 is 1.13 bits per heavy atom. The van der Waals surface area contributed by atoms with Gasteiger partial charge in [-0.3, -0.25) is 0 Å². The van der Waals surface area contributed by atoms with Crippen LogP contribution in [0.1, 0.15) is 85.8 Å². The molecule has 2 atom stereocenters. The molecule has 2 N–H and O–H groups in total. The second-order valence-electron chi connectivity index (χ2n) is 9.33. The lowest BCUT2D eigenvalue weighted by atomic mass is 9.94. The molecule has 0 fully saturated rings. The first kappa shape index (κ1) is 24.3. The number of aryl methyl sites for hydroxylation is 6. The van der Waals surface area contributed by atoms with Crippen LogP contribution in [0.15, 0.2) is 24.3 Å². The maximum Gasteiger partial charge on any atom is 0.0462 e. The van der Waals surface area contributed by atoms with Gasteiger partial charge < -0.3 is 10.6 Å². The minimum Gasteiger partial charge on any atom is -0.380 e. The van der Waals surface area contributed by atoms with Gasteiger partial charge in [-0.05, 0) is 76.6 Å². The lowest BCUT2D eigenvalue weighted by molar-refractivity contribution is 0.490. The van der Waals surface area contributed by atoms with Crippen LogP contribution >= 0.6 is 0 Å². The maximum absolute atomic E-state index is 3.99. The zero-order valence-electron chi connectivity index (χ0n) is 20.7. The Hall–Kier alpha value is -1.96. The van der Waals surface area contributed by atoms with E-state index >= 15 is 0 Å². The molecule has 0 aliphatic heterocycles. The van der Waals surface area contributed by atoms with Crippen molar-refractivity contribution in [2.24, 2.45) is 0 Å². The van der Waals surface area contributed by atoms with E-state index < -0.39 is 0 Å². The lowest BCUT2D eigenvalue weighted by Gasteiger charge is -2.33. The molecule has 2 rings (SSSR count). The van der Waals surface area contributed by atoms with Crippen molar-refractivity contribution in [1.82, 2.24) is 0 Å². The van der Waals surface area contributed by atoms with Gasteiger partial charge in [-0.25, -0.2) is 0 Å². The van der Waals surface area contributed by atoms with Gasteiger partial charge in [-0.2, -0.15) is 0 Å². The Balaban J connectivity index is 2.37. The fourth-order valence-electron chi connectivity index (χ4n) is 4.78. The fourth-order valence-corrected chi connectivity index (χ4v) is 4.78. The summed E-state index contributed by atoms with van der Waals surface area (Å²) in [4.78, 5) is 0. The molecule has 2 unspecified atom stereocenters. The predicted molar refractivity (Wildman–Crippen MR) is 135 cm³/mol. The second-order valence-corrected chi connectivity index (χ2v) is 9.33. The SMILES string of the molecule is CCCCC(Nc1c(C)cc(C)cc1C)C(CCCC)Nc1c(C)cc(C)cc1C. The van der Waals surface area contributed by atoms with Crippen molar-refractivity contribution in [3.8, 4) is 0 Å². The maximum atomic E-state index is 3.99. The summed E-state index contributed by atoms with van der Waals surface area (Å²) in [7, 11) is 0. The van der Waals surface area contributed by atoms with Crippen LogP contribution in [0.4, 0.5) is 11.4 Å². The largest absolute Gasteiger partial charge is 0.380 e. The summed E-state index contributed by atoms with van der Waals surface area (Å²) in [5.41, 5.74) is 10.7. The van der Waals surface area contributed by atoms with Gasteiger partial charge in [0, 0.05) is 23.5 Å². The van der Waals surface area contributed by atoms with Crippen LogP contribution in [-0.4, -0.2) is 12.1 Å². The highest BCUT2D eigenvalue weighted by molar-refractivity contribution is 5.61. The topological polar surface area (TPSA) is 24.1 Å². The molecule has 2 heteroatoms. The van der Waals surface area contributed by atoms with Crippen LogP contribution in [0.2, 0.25) is 0 Å². The van der Waals surface area contributed by atoms with Crippen LogP contribution in [-0.2, 0) is 0 Å². The van der Waals surface area contributed by atoms with E-state index in [4.69, 9.17) is 0 Å². The van der Waals surface area contributed by atoms with Gasteiger partial charge in [-0.15, -0.1) is 0 Å². The highest BCUT2D eigenvalue weighted by Crippen LogP contribution is 2.29. The third kappa shape index (κ3) is 6.52. The van der Waals surface area contributed by atoms with Gasteiger partial charge in [0.15, 0.2) is 0 Å². The summed E-state index contributed by atoms with van der Waals surface area (Å²) in [6, 6.07) is 10.0. The van der Waals surface area contributed by atoms with Crippen molar-refractivity contribution in [3.05, 3.63) is 57.6 Å². The average molecular weight is 409 g/mol. The second kappa shape index (κ2) is 11.4. The predicted octanol–water partition coefficient (Wildman–Crippen LogP) is 8.18. The number of rotatable bonds is 11. The number of hydrogen-bond acceptors (Lipinski definition) is 2. The van der Waals surface area contributed by atoms with Crippen LogP contribution < -0.4 is 10.6 Å². The molecule has 0 aromatic heterocycles. The normalized spacial score (nSPS) is 13.2. The van der Waals surface area contributed by atoms with Gasteiger partial charge in [0.25, 0.3) is 0 Å². The molecule has 0 amide bonds. The zero-order valence-corrected chi connectivity index (χ0v) is 20.7. The van der Waals surface area contributed by atoms with Gasteiger partial charge >= 0.3 is 0 Å². The first-order valence-electron chi connectivity index (χ1n) is 12.0. The minimum atomic E-state index is 0.414. The van der Waals surface area contributed by atoms with Crippen molar-refractivity contribution in [2.45, 2.75) is 106 Å². The molecule has 166 valence electrons. The average Bonchev–Trinajstić information content (AvgIpc) is 2.66. The summed E-state index contributed by atoms with van der Waals surface area (Å²) < 4.78 is 0. The van der Waals surface area contributed by atoms with Crippen LogP contribution in [0.25, 0.3) is 0 Å². The van der Waals surface area contributed by atoms with Crippen molar-refractivity contribution in [1.29, 1.82) is 0 Å². The summed E-state index contributed by atoms with van der Waals surface area (Å²) in [6.45, 7) is 17.9. The monoisotopic (exact) mass is 408 g/mol. The van der Waals surface area contributed by atoms with Crippen LogP contribution in [0, 0.1) is 41.5 Å². The van der Waals surface area contributed by atoms with E-state index in [0.29, 0.717) is 12.1 Å². The number of hydrogen-bond donors (Lipinski definition) is 2. The molecule has 0 saturated heterocycles. The molecule has 0 heterocycles. The molecule has 2 nitrogen and oxygen atoms in total. The Morgan fingerprint density at radius 2 is 0.867 bits per heavy atom. The quantitative estimate of drug-likeness (QED) is 0.391. The molecule has 0 spiro atoms. The van der Waals surface area contributed by atoms with Crippen molar-refractivity contribution in [3.63, 3.8) is 0 Å². The fraction of sp³-hybridized carbons (Fsp3) is 0.571. The Kier molecular flexibility index (Phi) is 9.27. The lowest BCUT2D eigenvalue weighted by Crippen LogP contribution is -2.40.